The fraction of sp³-hybridized carbons (Fsp3) is 0.263. The summed E-state index contributed by atoms with van der Waals surface area (Å²) in [6.45, 7) is 4.82. The molecule has 2 atom stereocenters. The third-order valence-electron chi connectivity index (χ3n) is 3.84. The Labute approximate surface area is 172 Å². The molecule has 0 nitrogen and oxygen atoms in total. The van der Waals surface area contributed by atoms with Gasteiger partial charge in [-0.1, -0.05) is 0 Å². The minimum atomic E-state index is 0. The van der Waals surface area contributed by atoms with Crippen molar-refractivity contribution in [3.8, 4) is 0 Å². The quantitative estimate of drug-likeness (QED) is 0.423. The molecule has 0 amide bonds. The van der Waals surface area contributed by atoms with Crippen LogP contribution in [0.1, 0.15) is 25.9 Å². The summed E-state index contributed by atoms with van der Waals surface area (Å²) in [5.41, 5.74) is 4.53. The number of halogens is 3. The van der Waals surface area contributed by atoms with Gasteiger partial charge in [-0.15, -0.1) is 0 Å². The van der Waals surface area contributed by atoms with Gasteiger partial charge in [0, 0.05) is 0 Å². The van der Waals surface area contributed by atoms with Gasteiger partial charge in [0.2, 0.25) is 0 Å². The van der Waals surface area contributed by atoms with Gasteiger partial charge in [0.1, 0.15) is 0 Å². The molecule has 0 fully saturated rings. The maximum Gasteiger partial charge on any atom is -1.00 e. The number of allylic oxidation sites excluding steroid dienone is 1. The normalized spacial score (nSPS) is 15.4. The van der Waals surface area contributed by atoms with Gasteiger partial charge < -0.3 is 37.2 Å². The first kappa shape index (κ1) is 24.1. The fourth-order valence-corrected chi connectivity index (χ4v) is 7.83. The summed E-state index contributed by atoms with van der Waals surface area (Å²) in [5, 5.41) is 0. The molecule has 0 bridgehead atoms. The van der Waals surface area contributed by atoms with Crippen molar-refractivity contribution in [2.75, 3.05) is 19.5 Å². The minimum Gasteiger partial charge on any atom is -1.00 e. The molecule has 0 spiro atoms. The van der Waals surface area contributed by atoms with E-state index in [0.717, 1.165) is 4.63 Å². The molecule has 1 aliphatic carbocycles. The first-order chi connectivity index (χ1) is 10.2. The Kier molecular flexibility index (Phi) is 11.7. The molecule has 3 rings (SSSR count). The van der Waals surface area contributed by atoms with Gasteiger partial charge in [0.15, 0.2) is 0 Å². The summed E-state index contributed by atoms with van der Waals surface area (Å²) in [7, 11) is 0.148. The Morgan fingerprint density at radius 1 is 0.917 bits per heavy atom. The van der Waals surface area contributed by atoms with Crippen molar-refractivity contribution >= 4 is 14.0 Å². The van der Waals surface area contributed by atoms with E-state index in [1.807, 2.05) is 0 Å². The second kappa shape index (κ2) is 11.6. The van der Waals surface area contributed by atoms with Crippen LogP contribution in [0.3, 0.4) is 0 Å². The van der Waals surface area contributed by atoms with E-state index >= 15 is 0 Å². The summed E-state index contributed by atoms with van der Waals surface area (Å²) in [6, 6.07) is 20.0. The predicted octanol–water partition coefficient (Wildman–Crippen LogP) is -3.67. The van der Waals surface area contributed by atoms with Gasteiger partial charge in [0.05, 0.1) is 0 Å². The zero-order valence-electron chi connectivity index (χ0n) is 13.7. The molecule has 128 valence electrons. The van der Waals surface area contributed by atoms with Crippen LogP contribution in [-0.2, 0) is 16.3 Å². The smallest absolute Gasteiger partial charge is 1.00 e. The average Bonchev–Trinajstić information content (AvgIpc) is 2.90. The largest absolute Gasteiger partial charge is 1.00 e. The van der Waals surface area contributed by atoms with Gasteiger partial charge >= 0.3 is 136 Å². The van der Waals surface area contributed by atoms with Crippen molar-refractivity contribution in [3.63, 3.8) is 0 Å². The zero-order chi connectivity index (χ0) is 14.7. The molecule has 0 aromatic heterocycles. The van der Waals surface area contributed by atoms with E-state index < -0.39 is 0 Å². The zero-order valence-corrected chi connectivity index (χ0v) is 18.3. The van der Waals surface area contributed by atoms with Gasteiger partial charge in [-0.25, -0.2) is 0 Å². The fourth-order valence-electron chi connectivity index (χ4n) is 2.81. The molecule has 24 heavy (non-hydrogen) atoms. The standard InChI is InChI=1S/C10H14P.C9H7.3ClH.V/c1-11(2)9-8-10-6-4-3-5-7-10;1-2-5-9-7-3-6-8(9)4-1;;;;/h3-8H,9H2,1-2H3;1-7H;3*1H;/q;;;;;+3/p-3. The third kappa shape index (κ3) is 6.10. The molecule has 2 aromatic carbocycles. The van der Waals surface area contributed by atoms with Crippen LogP contribution in [0.2, 0.25) is 0 Å². The van der Waals surface area contributed by atoms with Gasteiger partial charge in [-0.2, -0.15) is 0 Å². The molecule has 0 saturated carbocycles. The van der Waals surface area contributed by atoms with E-state index in [9.17, 15) is 0 Å². The van der Waals surface area contributed by atoms with Crippen molar-refractivity contribution in [1.82, 2.24) is 0 Å². The summed E-state index contributed by atoms with van der Waals surface area (Å²) >= 11 is 0.254. The average molecular weight is 438 g/mol. The Hall–Kier alpha value is 0.0644. The van der Waals surface area contributed by atoms with E-state index in [-0.39, 0.29) is 61.4 Å². The van der Waals surface area contributed by atoms with Crippen LogP contribution in [0.25, 0.3) is 6.08 Å². The predicted molar refractivity (Wildman–Crippen MR) is 91.0 cm³/mol. The minimum absolute atomic E-state index is 0. The summed E-state index contributed by atoms with van der Waals surface area (Å²) in [5.74, 6) is 0. The first-order valence-corrected chi connectivity index (χ1v) is 11.4. The Morgan fingerprint density at radius 3 is 2.21 bits per heavy atom. The molecule has 0 saturated heterocycles. The SMILES string of the molecule is CP(C)C[CH]([V+3][CH]1C=Cc2ccccc21)c1ccccc1.[Cl-].[Cl-].[Cl-]. The maximum atomic E-state index is 2.44. The molecular weight excluding hydrogens is 416 g/mol. The van der Waals surface area contributed by atoms with Crippen LogP contribution < -0.4 is 37.2 Å². The molecular formula is C19H21Cl3PV. The van der Waals surface area contributed by atoms with Crippen molar-refractivity contribution in [2.45, 2.75) is 9.26 Å². The third-order valence-corrected chi connectivity index (χ3v) is 7.91. The van der Waals surface area contributed by atoms with Crippen LogP contribution in [-0.4, -0.2) is 19.5 Å². The molecule has 1 aliphatic rings. The first-order valence-electron chi connectivity index (χ1n) is 7.41. The Balaban J connectivity index is 0.00000176. The summed E-state index contributed by atoms with van der Waals surface area (Å²) in [4.78, 5) is 0. The van der Waals surface area contributed by atoms with Crippen LogP contribution in [0, 0.1) is 0 Å². The van der Waals surface area contributed by atoms with Crippen LogP contribution in [0.4, 0.5) is 0 Å². The number of rotatable bonds is 5. The topological polar surface area (TPSA) is 0 Å². The molecule has 0 radical (unpaired) electrons. The van der Waals surface area contributed by atoms with E-state index in [2.05, 4.69) is 80.1 Å². The second-order valence-electron chi connectivity index (χ2n) is 5.77. The second-order valence-corrected chi connectivity index (χ2v) is 10.6. The van der Waals surface area contributed by atoms with Crippen molar-refractivity contribution in [1.29, 1.82) is 0 Å². The van der Waals surface area contributed by atoms with Crippen LogP contribution >= 0.6 is 7.92 Å². The monoisotopic (exact) mass is 436 g/mol. The van der Waals surface area contributed by atoms with Crippen LogP contribution in [0.15, 0.2) is 60.7 Å². The van der Waals surface area contributed by atoms with Gasteiger partial charge in [0.25, 0.3) is 0 Å². The van der Waals surface area contributed by atoms with Gasteiger partial charge in [-0.05, 0) is 0 Å². The van der Waals surface area contributed by atoms with E-state index in [1.54, 1.807) is 11.1 Å². The van der Waals surface area contributed by atoms with E-state index in [1.165, 1.54) is 11.7 Å². The van der Waals surface area contributed by atoms with Crippen molar-refractivity contribution in [2.24, 2.45) is 0 Å². The molecule has 0 heterocycles. The van der Waals surface area contributed by atoms with E-state index in [4.69, 9.17) is 0 Å². The molecule has 0 aliphatic heterocycles. The van der Waals surface area contributed by atoms with Crippen molar-refractivity contribution in [3.05, 3.63) is 77.4 Å². The molecule has 2 aromatic rings. The Morgan fingerprint density at radius 2 is 1.54 bits per heavy atom. The maximum absolute atomic E-state index is 2.44. The Bertz CT molecular complexity index is 632. The molecule has 5 heteroatoms. The summed E-state index contributed by atoms with van der Waals surface area (Å²) < 4.78 is 1.45. The van der Waals surface area contributed by atoms with Crippen LogP contribution in [0.5, 0.6) is 0 Å². The molecule has 2 unspecified atom stereocenters. The number of hydrogen-bond donors (Lipinski definition) is 0. The number of benzene rings is 2. The molecule has 0 N–H and O–H groups in total. The number of fused-ring (bicyclic) bond motifs is 1. The summed E-state index contributed by atoms with van der Waals surface area (Å²) in [6.07, 6.45) is 6.12. The van der Waals surface area contributed by atoms with Gasteiger partial charge in [-0.3, -0.25) is 0 Å². The number of hydrogen-bond acceptors (Lipinski definition) is 0. The van der Waals surface area contributed by atoms with E-state index in [0.29, 0.717) is 4.63 Å². The van der Waals surface area contributed by atoms with Crippen molar-refractivity contribution < 1.29 is 53.5 Å².